The molecule has 1 nitrogen and oxygen atoms in total. The van der Waals surface area contributed by atoms with Crippen LogP contribution in [0.25, 0.3) is 0 Å². The van der Waals surface area contributed by atoms with E-state index in [1.807, 2.05) is 0 Å². The minimum absolute atomic E-state index is 0.118. The van der Waals surface area contributed by atoms with Gasteiger partial charge in [0, 0.05) is 6.42 Å². The maximum Gasteiger partial charge on any atom is 0.148 e. The molecule has 0 N–H and O–H groups in total. The summed E-state index contributed by atoms with van der Waals surface area (Å²) in [5.41, 5.74) is 2.82. The van der Waals surface area contributed by atoms with Crippen LogP contribution in [0.2, 0.25) is 6.82 Å². The first-order valence-electron chi connectivity index (χ1n) is 7.67. The van der Waals surface area contributed by atoms with Crippen molar-refractivity contribution in [3.8, 4) is 6.07 Å². The van der Waals surface area contributed by atoms with Gasteiger partial charge in [0.1, 0.15) is 25.3 Å². The molecular weight excluding hydrogens is 267 g/mol. The van der Waals surface area contributed by atoms with Crippen molar-refractivity contribution < 1.29 is 8.78 Å². The van der Waals surface area contributed by atoms with Crippen molar-refractivity contribution in [3.05, 3.63) is 46.2 Å². The summed E-state index contributed by atoms with van der Waals surface area (Å²) in [6.45, 7) is 2.15. The number of hydrogen-bond donors (Lipinski definition) is 0. The Balaban J connectivity index is 2.23. The Kier molecular flexibility index (Phi) is 5.55. The highest BCUT2D eigenvalue weighted by Crippen LogP contribution is 2.34. The summed E-state index contributed by atoms with van der Waals surface area (Å²) in [6.07, 6.45) is 9.25. The first-order valence-corrected chi connectivity index (χ1v) is 7.67. The molecule has 0 aromatic carbocycles. The van der Waals surface area contributed by atoms with E-state index in [1.54, 1.807) is 6.07 Å². The summed E-state index contributed by atoms with van der Waals surface area (Å²) < 4.78 is 27.7. The number of rotatable bonds is 2. The lowest BCUT2D eigenvalue weighted by Crippen LogP contribution is -2.12. The first-order chi connectivity index (χ1) is 10.2. The molecule has 0 saturated heterocycles. The van der Waals surface area contributed by atoms with Crippen LogP contribution in [0.4, 0.5) is 8.78 Å². The molecule has 21 heavy (non-hydrogen) atoms. The number of hydrogen-bond acceptors (Lipinski definition) is 1. The lowest BCUT2D eigenvalue weighted by molar-refractivity contribution is 0.373. The number of halogens is 2. The maximum absolute atomic E-state index is 13.9. The fourth-order valence-corrected chi connectivity index (χ4v) is 2.89. The van der Waals surface area contributed by atoms with Gasteiger partial charge in [0.2, 0.25) is 0 Å². The van der Waals surface area contributed by atoms with Gasteiger partial charge >= 0.3 is 0 Å². The molecule has 2 aliphatic rings. The van der Waals surface area contributed by atoms with Gasteiger partial charge in [-0.3, -0.25) is 0 Å². The van der Waals surface area contributed by atoms with Crippen molar-refractivity contribution in [2.45, 2.75) is 51.5 Å². The first kappa shape index (κ1) is 15.8. The molecule has 0 fully saturated rings. The standard InChI is InChI=1S/C17H20BF2N/c1-18-14-6-4-2-3-5-12(7-8-14)13-9-16(19)15(11-21)17(20)10-13/h5-6,9,17-18H,2-4,7-8,10H2,1H3/b12-5-,14-6+. The number of allylic oxidation sites excluding steroid dienone is 8. The summed E-state index contributed by atoms with van der Waals surface area (Å²) in [5, 5.41) is 8.78. The Labute approximate surface area is 126 Å². The minimum Gasteiger partial charge on any atom is -0.241 e. The number of nitriles is 1. The van der Waals surface area contributed by atoms with Gasteiger partial charge in [-0.05, 0) is 49.3 Å². The summed E-state index contributed by atoms with van der Waals surface area (Å²) in [7, 11) is 1.03. The molecule has 4 heteroatoms. The molecule has 1 atom stereocenters. The Bertz CT molecular complexity index is 564. The highest BCUT2D eigenvalue weighted by Gasteiger charge is 2.25. The van der Waals surface area contributed by atoms with Crippen molar-refractivity contribution in [1.29, 1.82) is 5.26 Å². The van der Waals surface area contributed by atoms with E-state index in [1.165, 1.54) is 11.5 Å². The van der Waals surface area contributed by atoms with Gasteiger partial charge < -0.3 is 0 Å². The van der Waals surface area contributed by atoms with Crippen molar-refractivity contribution in [2.24, 2.45) is 0 Å². The molecule has 2 aliphatic carbocycles. The second kappa shape index (κ2) is 7.40. The molecule has 0 amide bonds. The summed E-state index contributed by atoms with van der Waals surface area (Å²) in [4.78, 5) is 0. The van der Waals surface area contributed by atoms with Crippen LogP contribution >= 0.6 is 0 Å². The predicted molar refractivity (Wildman–Crippen MR) is 83.6 cm³/mol. The van der Waals surface area contributed by atoms with Crippen LogP contribution in [-0.4, -0.2) is 13.5 Å². The Morgan fingerprint density at radius 2 is 2.00 bits per heavy atom. The average molecular weight is 287 g/mol. The second-order valence-corrected chi connectivity index (χ2v) is 5.59. The van der Waals surface area contributed by atoms with Crippen LogP contribution in [0.15, 0.2) is 46.2 Å². The molecule has 1 unspecified atom stereocenters. The molecule has 0 radical (unpaired) electrons. The van der Waals surface area contributed by atoms with E-state index in [0.29, 0.717) is 0 Å². The van der Waals surface area contributed by atoms with Crippen molar-refractivity contribution in [3.63, 3.8) is 0 Å². The zero-order chi connectivity index (χ0) is 15.2. The van der Waals surface area contributed by atoms with Crippen molar-refractivity contribution in [1.82, 2.24) is 0 Å². The van der Waals surface area contributed by atoms with E-state index in [2.05, 4.69) is 19.0 Å². The Hall–Kier alpha value is -1.63. The highest BCUT2D eigenvalue weighted by molar-refractivity contribution is 6.43. The highest BCUT2D eigenvalue weighted by atomic mass is 19.1. The molecule has 0 aromatic rings. The van der Waals surface area contributed by atoms with E-state index in [9.17, 15) is 8.78 Å². The average Bonchev–Trinajstić information content (AvgIpc) is 2.58. The zero-order valence-electron chi connectivity index (χ0n) is 12.5. The van der Waals surface area contributed by atoms with Crippen molar-refractivity contribution >= 4 is 7.28 Å². The largest absolute Gasteiger partial charge is 0.241 e. The normalized spacial score (nSPS) is 28.9. The third-order valence-electron chi connectivity index (χ3n) is 4.21. The van der Waals surface area contributed by atoms with E-state index < -0.39 is 12.0 Å². The topological polar surface area (TPSA) is 23.8 Å². The molecule has 110 valence electrons. The molecule has 0 heterocycles. The molecule has 0 bridgehead atoms. The van der Waals surface area contributed by atoms with E-state index in [-0.39, 0.29) is 12.0 Å². The number of nitrogens with zero attached hydrogens (tertiary/aromatic N) is 1. The second-order valence-electron chi connectivity index (χ2n) is 5.59. The molecule has 0 aliphatic heterocycles. The molecule has 0 spiro atoms. The van der Waals surface area contributed by atoms with Crippen LogP contribution in [0.3, 0.4) is 0 Å². The van der Waals surface area contributed by atoms with Gasteiger partial charge in [0.15, 0.2) is 0 Å². The van der Waals surface area contributed by atoms with Gasteiger partial charge in [0.25, 0.3) is 0 Å². The minimum atomic E-state index is -1.51. The SMILES string of the molecule is CB/C1=C/CCC/C=C(\C2=CC(F)=C(C#N)C(F)C2)CC1. The van der Waals surface area contributed by atoms with E-state index in [0.717, 1.165) is 50.5 Å². The zero-order valence-corrected chi connectivity index (χ0v) is 12.5. The van der Waals surface area contributed by atoms with Gasteiger partial charge in [-0.15, -0.1) is 5.47 Å². The molecule has 2 rings (SSSR count). The molecule has 0 aromatic heterocycles. The maximum atomic E-state index is 13.9. The summed E-state index contributed by atoms with van der Waals surface area (Å²) in [6, 6.07) is 1.63. The Morgan fingerprint density at radius 3 is 2.67 bits per heavy atom. The lowest BCUT2D eigenvalue weighted by atomic mass is 9.69. The Morgan fingerprint density at radius 1 is 1.24 bits per heavy atom. The van der Waals surface area contributed by atoms with Gasteiger partial charge in [-0.2, -0.15) is 5.26 Å². The number of alkyl halides is 1. The van der Waals surface area contributed by atoms with Gasteiger partial charge in [-0.1, -0.05) is 19.0 Å². The predicted octanol–water partition coefficient (Wildman–Crippen LogP) is 4.66. The van der Waals surface area contributed by atoms with Crippen molar-refractivity contribution in [2.75, 3.05) is 0 Å². The van der Waals surface area contributed by atoms with E-state index >= 15 is 0 Å². The third-order valence-corrected chi connectivity index (χ3v) is 4.21. The van der Waals surface area contributed by atoms with Crippen LogP contribution in [0, 0.1) is 11.3 Å². The lowest BCUT2D eigenvalue weighted by Gasteiger charge is -2.19. The smallest absolute Gasteiger partial charge is 0.148 e. The summed E-state index contributed by atoms with van der Waals surface area (Å²) in [5.74, 6) is -0.710. The third kappa shape index (κ3) is 3.94. The summed E-state index contributed by atoms with van der Waals surface area (Å²) >= 11 is 0. The quantitative estimate of drug-likeness (QED) is 0.677. The van der Waals surface area contributed by atoms with E-state index in [4.69, 9.17) is 5.26 Å². The van der Waals surface area contributed by atoms with Gasteiger partial charge in [0.05, 0.1) is 5.57 Å². The molecular formula is C17H20BF2N. The molecule has 0 saturated carbocycles. The van der Waals surface area contributed by atoms with Gasteiger partial charge in [-0.25, -0.2) is 8.78 Å². The fourth-order valence-electron chi connectivity index (χ4n) is 2.89. The fraction of sp³-hybridized carbons (Fsp3) is 0.471. The van der Waals surface area contributed by atoms with Crippen LogP contribution in [0.1, 0.15) is 38.5 Å². The van der Waals surface area contributed by atoms with Crippen LogP contribution in [-0.2, 0) is 0 Å². The van der Waals surface area contributed by atoms with Crippen LogP contribution < -0.4 is 0 Å². The monoisotopic (exact) mass is 287 g/mol. The van der Waals surface area contributed by atoms with Crippen LogP contribution in [0.5, 0.6) is 0 Å².